The standard InChI is InChI=1S/C21H24ClF2N3/c22-19-17(7-8-18(20(19)25)26-11-14-1-2-14)16-5-3-15(4-6-16)12-27-10-9-21(23,24)13-27/h3-8,14,26H,1-2,9-13,25H2. The Morgan fingerprint density at radius 3 is 2.52 bits per heavy atom. The average molecular weight is 392 g/mol. The molecule has 2 aromatic carbocycles. The Bertz CT molecular complexity index is 819. The highest BCUT2D eigenvalue weighted by atomic mass is 35.5. The van der Waals surface area contributed by atoms with Crippen LogP contribution in [0.15, 0.2) is 36.4 Å². The summed E-state index contributed by atoms with van der Waals surface area (Å²) in [7, 11) is 0. The number of nitrogen functional groups attached to an aromatic ring is 1. The van der Waals surface area contributed by atoms with Gasteiger partial charge in [-0.05, 0) is 36.0 Å². The van der Waals surface area contributed by atoms with Crippen LogP contribution in [-0.2, 0) is 6.54 Å². The summed E-state index contributed by atoms with van der Waals surface area (Å²) in [6, 6.07) is 11.8. The second kappa shape index (κ2) is 7.28. The van der Waals surface area contributed by atoms with Crippen molar-refractivity contribution in [2.24, 2.45) is 5.92 Å². The fourth-order valence-corrected chi connectivity index (χ4v) is 3.81. The summed E-state index contributed by atoms with van der Waals surface area (Å²) in [5.41, 5.74) is 10.5. The van der Waals surface area contributed by atoms with Crippen molar-refractivity contribution in [3.05, 3.63) is 47.0 Å². The summed E-state index contributed by atoms with van der Waals surface area (Å²) in [6.07, 6.45) is 2.50. The number of hydrogen-bond donors (Lipinski definition) is 2. The number of nitrogens with two attached hydrogens (primary N) is 1. The molecule has 2 aliphatic rings. The van der Waals surface area contributed by atoms with Crippen LogP contribution in [0.2, 0.25) is 5.02 Å². The molecule has 6 heteroatoms. The lowest BCUT2D eigenvalue weighted by Crippen LogP contribution is -2.24. The molecule has 1 aliphatic carbocycles. The molecular weight excluding hydrogens is 368 g/mol. The van der Waals surface area contributed by atoms with Gasteiger partial charge in [-0.15, -0.1) is 0 Å². The van der Waals surface area contributed by atoms with E-state index in [4.69, 9.17) is 17.3 Å². The molecule has 0 spiro atoms. The Morgan fingerprint density at radius 1 is 1.15 bits per heavy atom. The van der Waals surface area contributed by atoms with Crippen molar-refractivity contribution >= 4 is 23.0 Å². The number of nitrogens with zero attached hydrogens (tertiary/aromatic N) is 1. The van der Waals surface area contributed by atoms with E-state index in [0.717, 1.165) is 34.8 Å². The Hall–Kier alpha value is -1.85. The molecule has 0 radical (unpaired) electrons. The minimum atomic E-state index is -2.56. The van der Waals surface area contributed by atoms with Crippen molar-refractivity contribution in [1.29, 1.82) is 0 Å². The highest BCUT2D eigenvalue weighted by Gasteiger charge is 2.37. The van der Waals surface area contributed by atoms with Crippen LogP contribution >= 0.6 is 11.6 Å². The minimum absolute atomic E-state index is 0.0545. The highest BCUT2D eigenvalue weighted by molar-refractivity contribution is 6.36. The van der Waals surface area contributed by atoms with Crippen LogP contribution in [0.5, 0.6) is 0 Å². The second-order valence-corrected chi connectivity index (χ2v) is 8.10. The second-order valence-electron chi connectivity index (χ2n) is 7.73. The van der Waals surface area contributed by atoms with Crippen molar-refractivity contribution in [3.63, 3.8) is 0 Å². The lowest BCUT2D eigenvalue weighted by Gasteiger charge is -2.16. The fraction of sp³-hybridized carbons (Fsp3) is 0.429. The van der Waals surface area contributed by atoms with Crippen LogP contribution in [0.4, 0.5) is 20.2 Å². The van der Waals surface area contributed by atoms with E-state index in [1.54, 1.807) is 4.90 Å². The van der Waals surface area contributed by atoms with Crippen LogP contribution in [0.25, 0.3) is 11.1 Å². The molecule has 2 fully saturated rings. The molecule has 4 rings (SSSR count). The number of anilines is 2. The summed E-state index contributed by atoms with van der Waals surface area (Å²) in [4.78, 5) is 1.79. The molecule has 144 valence electrons. The Kier molecular flexibility index (Phi) is 4.99. The Balaban J connectivity index is 1.46. The van der Waals surface area contributed by atoms with Gasteiger partial charge in [-0.25, -0.2) is 8.78 Å². The first-order valence-electron chi connectivity index (χ1n) is 9.43. The van der Waals surface area contributed by atoms with Crippen molar-refractivity contribution in [2.75, 3.05) is 30.7 Å². The van der Waals surface area contributed by atoms with E-state index >= 15 is 0 Å². The molecule has 1 saturated carbocycles. The number of benzene rings is 2. The average Bonchev–Trinajstić information content (AvgIpc) is 3.40. The molecule has 0 atom stereocenters. The Morgan fingerprint density at radius 2 is 1.89 bits per heavy atom. The molecule has 3 N–H and O–H groups in total. The van der Waals surface area contributed by atoms with Gasteiger partial charge >= 0.3 is 0 Å². The molecule has 27 heavy (non-hydrogen) atoms. The molecule has 2 aromatic rings. The first-order valence-corrected chi connectivity index (χ1v) is 9.80. The molecule has 0 unspecified atom stereocenters. The van der Waals surface area contributed by atoms with Gasteiger partial charge in [-0.1, -0.05) is 41.9 Å². The van der Waals surface area contributed by atoms with Crippen molar-refractivity contribution < 1.29 is 8.78 Å². The van der Waals surface area contributed by atoms with E-state index in [9.17, 15) is 8.78 Å². The first kappa shape index (κ1) is 18.5. The molecule has 0 bridgehead atoms. The monoisotopic (exact) mass is 391 g/mol. The maximum atomic E-state index is 13.3. The summed E-state index contributed by atoms with van der Waals surface area (Å²) in [5, 5.41) is 3.92. The van der Waals surface area contributed by atoms with E-state index in [-0.39, 0.29) is 13.0 Å². The third-order valence-electron chi connectivity index (χ3n) is 5.38. The van der Waals surface area contributed by atoms with E-state index in [0.29, 0.717) is 23.8 Å². The normalized spacial score (nSPS) is 19.4. The zero-order valence-electron chi connectivity index (χ0n) is 15.1. The van der Waals surface area contributed by atoms with Gasteiger partial charge in [-0.3, -0.25) is 4.90 Å². The third kappa shape index (κ3) is 4.36. The lowest BCUT2D eigenvalue weighted by molar-refractivity contribution is 0.0115. The van der Waals surface area contributed by atoms with Crippen LogP contribution in [0.3, 0.4) is 0 Å². The molecule has 1 saturated heterocycles. The SMILES string of the molecule is Nc1c(NCC2CC2)ccc(-c2ccc(CN3CCC(F)(F)C3)cc2)c1Cl. The van der Waals surface area contributed by atoms with Crippen LogP contribution < -0.4 is 11.1 Å². The zero-order chi connectivity index (χ0) is 19.0. The van der Waals surface area contributed by atoms with Crippen LogP contribution in [-0.4, -0.2) is 30.5 Å². The maximum absolute atomic E-state index is 13.3. The molecule has 0 amide bonds. The topological polar surface area (TPSA) is 41.3 Å². The van der Waals surface area contributed by atoms with Crippen molar-refractivity contribution in [2.45, 2.75) is 31.7 Å². The van der Waals surface area contributed by atoms with Gasteiger partial charge < -0.3 is 11.1 Å². The summed E-state index contributed by atoms with van der Waals surface area (Å²) in [6.45, 7) is 1.75. The third-order valence-corrected chi connectivity index (χ3v) is 5.78. The van der Waals surface area contributed by atoms with Gasteiger partial charge in [0.1, 0.15) is 0 Å². The van der Waals surface area contributed by atoms with Crippen molar-refractivity contribution in [1.82, 2.24) is 4.90 Å². The van der Waals surface area contributed by atoms with Crippen molar-refractivity contribution in [3.8, 4) is 11.1 Å². The van der Waals surface area contributed by atoms with E-state index in [1.165, 1.54) is 12.8 Å². The van der Waals surface area contributed by atoms with E-state index in [1.807, 2.05) is 36.4 Å². The minimum Gasteiger partial charge on any atom is -0.396 e. The van der Waals surface area contributed by atoms with Gasteiger partial charge in [0.05, 0.1) is 22.9 Å². The molecule has 0 aromatic heterocycles. The summed E-state index contributed by atoms with van der Waals surface area (Å²) >= 11 is 6.52. The van der Waals surface area contributed by atoms with Gasteiger partial charge in [0.25, 0.3) is 5.92 Å². The summed E-state index contributed by atoms with van der Waals surface area (Å²) in [5.74, 6) is -1.80. The number of rotatable bonds is 6. The maximum Gasteiger partial charge on any atom is 0.261 e. The first-order chi connectivity index (χ1) is 12.9. The van der Waals surface area contributed by atoms with Crippen LogP contribution in [0, 0.1) is 5.92 Å². The highest BCUT2D eigenvalue weighted by Crippen LogP contribution is 2.38. The number of halogens is 3. The lowest BCUT2D eigenvalue weighted by atomic mass is 10.0. The van der Waals surface area contributed by atoms with Gasteiger partial charge in [0, 0.05) is 31.6 Å². The van der Waals surface area contributed by atoms with Gasteiger partial charge in [0.15, 0.2) is 0 Å². The number of alkyl halides is 2. The largest absolute Gasteiger partial charge is 0.396 e. The van der Waals surface area contributed by atoms with Gasteiger partial charge in [0.2, 0.25) is 0 Å². The van der Waals surface area contributed by atoms with Crippen LogP contribution in [0.1, 0.15) is 24.8 Å². The molecular formula is C21H24ClF2N3. The predicted molar refractivity (Wildman–Crippen MR) is 107 cm³/mol. The fourth-order valence-electron chi connectivity index (χ4n) is 3.54. The molecule has 1 heterocycles. The Labute approximate surface area is 163 Å². The quantitative estimate of drug-likeness (QED) is 0.660. The number of hydrogen-bond acceptors (Lipinski definition) is 3. The van der Waals surface area contributed by atoms with E-state index in [2.05, 4.69) is 5.32 Å². The zero-order valence-corrected chi connectivity index (χ0v) is 15.9. The number of likely N-dealkylation sites (tertiary alicyclic amines) is 1. The van der Waals surface area contributed by atoms with Gasteiger partial charge in [-0.2, -0.15) is 0 Å². The summed E-state index contributed by atoms with van der Waals surface area (Å²) < 4.78 is 26.7. The predicted octanol–water partition coefficient (Wildman–Crippen LogP) is 5.25. The molecule has 3 nitrogen and oxygen atoms in total. The number of nitrogens with one attached hydrogen (secondary N) is 1. The molecule has 1 aliphatic heterocycles. The smallest absolute Gasteiger partial charge is 0.261 e. The van der Waals surface area contributed by atoms with E-state index < -0.39 is 5.92 Å².